The smallest absolute Gasteiger partial charge is 0.264 e. The minimum atomic E-state index is -4.17. The number of amides is 2. The summed E-state index contributed by atoms with van der Waals surface area (Å²) in [4.78, 5) is 28.6. The van der Waals surface area contributed by atoms with Crippen molar-refractivity contribution in [3.05, 3.63) is 88.9 Å². The van der Waals surface area contributed by atoms with Crippen LogP contribution in [-0.4, -0.2) is 50.9 Å². The van der Waals surface area contributed by atoms with Crippen molar-refractivity contribution in [1.29, 1.82) is 0 Å². The number of ether oxygens (including phenoxy) is 1. The van der Waals surface area contributed by atoms with Gasteiger partial charge in [0.05, 0.1) is 17.2 Å². The summed E-state index contributed by atoms with van der Waals surface area (Å²) in [7, 11) is -4.17. The first-order chi connectivity index (χ1) is 19.0. The highest BCUT2D eigenvalue weighted by Gasteiger charge is 2.33. The fourth-order valence-electron chi connectivity index (χ4n) is 4.04. The summed E-state index contributed by atoms with van der Waals surface area (Å²) in [5.41, 5.74) is 1.03. The predicted octanol–water partition coefficient (Wildman–Crippen LogP) is 5.23. The maximum absolute atomic E-state index is 14.0. The van der Waals surface area contributed by atoms with E-state index < -0.39 is 28.5 Å². The van der Waals surface area contributed by atoms with Crippen molar-refractivity contribution in [1.82, 2.24) is 10.2 Å². The number of benzene rings is 3. The van der Waals surface area contributed by atoms with Crippen LogP contribution in [0.5, 0.6) is 5.75 Å². The molecule has 0 aromatic heterocycles. The molecule has 0 spiro atoms. The van der Waals surface area contributed by atoms with E-state index in [1.807, 2.05) is 38.1 Å². The van der Waals surface area contributed by atoms with Crippen LogP contribution in [0.2, 0.25) is 0 Å². The molecule has 10 heteroatoms. The summed E-state index contributed by atoms with van der Waals surface area (Å²) in [5, 5.41) is 2.89. The van der Waals surface area contributed by atoms with Crippen LogP contribution >= 0.6 is 15.9 Å². The molecule has 3 rings (SSSR count). The second-order valence-electron chi connectivity index (χ2n) is 9.69. The second kappa shape index (κ2) is 14.3. The summed E-state index contributed by atoms with van der Waals surface area (Å²) in [5.74, 6) is -0.285. The Bertz CT molecular complexity index is 1400. The second-order valence-corrected chi connectivity index (χ2v) is 12.5. The summed E-state index contributed by atoms with van der Waals surface area (Å²) < 4.78 is 35.5. The van der Waals surface area contributed by atoms with Gasteiger partial charge in [-0.1, -0.05) is 72.2 Å². The third kappa shape index (κ3) is 8.08. The molecule has 1 atom stereocenters. The molecule has 3 aromatic carbocycles. The monoisotopic (exact) mass is 629 g/mol. The first-order valence-corrected chi connectivity index (χ1v) is 15.4. The standard InChI is InChI=1S/C30H36BrN3O5S/c1-5-39-28-17-10-9-16-27(28)34(40(37,38)26-14-7-6-8-15-26)21-29(35)33(20-24-12-11-13-25(31)18-24)23(4)30(36)32-19-22(2)3/h6-18,22-23H,5,19-21H2,1-4H3,(H,32,36). The van der Waals surface area contributed by atoms with E-state index in [-0.39, 0.29) is 29.0 Å². The van der Waals surface area contributed by atoms with Gasteiger partial charge in [-0.2, -0.15) is 0 Å². The number of anilines is 1. The minimum Gasteiger partial charge on any atom is -0.492 e. The van der Waals surface area contributed by atoms with E-state index in [4.69, 9.17) is 4.74 Å². The van der Waals surface area contributed by atoms with Crippen LogP contribution in [0.1, 0.15) is 33.3 Å². The minimum absolute atomic E-state index is 0.0374. The summed E-state index contributed by atoms with van der Waals surface area (Å²) in [6, 6.07) is 21.2. The average molecular weight is 631 g/mol. The van der Waals surface area contributed by atoms with E-state index in [0.29, 0.717) is 18.9 Å². The van der Waals surface area contributed by atoms with Crippen LogP contribution in [0.25, 0.3) is 0 Å². The molecule has 0 radical (unpaired) electrons. The molecular formula is C30H36BrN3O5S. The van der Waals surface area contributed by atoms with Crippen LogP contribution in [0.15, 0.2) is 88.2 Å². The Morgan fingerprint density at radius 2 is 1.62 bits per heavy atom. The van der Waals surface area contributed by atoms with Crippen LogP contribution < -0.4 is 14.4 Å². The van der Waals surface area contributed by atoms with Gasteiger partial charge in [0.15, 0.2) is 0 Å². The topological polar surface area (TPSA) is 96.0 Å². The van der Waals surface area contributed by atoms with Crippen molar-refractivity contribution in [3.63, 3.8) is 0 Å². The van der Waals surface area contributed by atoms with Gasteiger partial charge in [0.2, 0.25) is 11.8 Å². The molecule has 40 heavy (non-hydrogen) atoms. The first kappa shape index (κ1) is 31.2. The molecule has 0 saturated heterocycles. The Morgan fingerprint density at radius 1 is 0.950 bits per heavy atom. The van der Waals surface area contributed by atoms with E-state index in [0.717, 1.165) is 14.3 Å². The van der Waals surface area contributed by atoms with Crippen LogP contribution in [0.4, 0.5) is 5.69 Å². The third-order valence-electron chi connectivity index (χ3n) is 6.14. The zero-order valence-corrected chi connectivity index (χ0v) is 25.6. The van der Waals surface area contributed by atoms with Gasteiger partial charge in [0, 0.05) is 17.6 Å². The quantitative estimate of drug-likeness (QED) is 0.279. The molecule has 214 valence electrons. The number of para-hydroxylation sites is 2. The number of carbonyl (C=O) groups excluding carboxylic acids is 2. The van der Waals surface area contributed by atoms with Crippen molar-refractivity contribution in [2.45, 2.75) is 45.2 Å². The molecule has 8 nitrogen and oxygen atoms in total. The zero-order valence-electron chi connectivity index (χ0n) is 23.2. The summed E-state index contributed by atoms with van der Waals surface area (Å²) in [6.07, 6.45) is 0. The Balaban J connectivity index is 2.05. The summed E-state index contributed by atoms with van der Waals surface area (Å²) in [6.45, 7) is 7.77. The number of hydrogen-bond donors (Lipinski definition) is 1. The molecule has 0 heterocycles. The van der Waals surface area contributed by atoms with Crippen LogP contribution in [0, 0.1) is 5.92 Å². The molecule has 0 aliphatic carbocycles. The Morgan fingerprint density at radius 3 is 2.27 bits per heavy atom. The van der Waals surface area contributed by atoms with Crippen molar-refractivity contribution in [2.24, 2.45) is 5.92 Å². The van der Waals surface area contributed by atoms with Gasteiger partial charge in [-0.25, -0.2) is 8.42 Å². The maximum Gasteiger partial charge on any atom is 0.264 e. The third-order valence-corrected chi connectivity index (χ3v) is 8.40. The number of rotatable bonds is 13. The average Bonchev–Trinajstić information content (AvgIpc) is 2.94. The number of nitrogens with one attached hydrogen (secondary N) is 1. The zero-order chi connectivity index (χ0) is 29.3. The highest BCUT2D eigenvalue weighted by molar-refractivity contribution is 9.10. The molecule has 0 aliphatic heterocycles. The largest absolute Gasteiger partial charge is 0.492 e. The fourth-order valence-corrected chi connectivity index (χ4v) is 5.93. The molecule has 0 saturated carbocycles. The lowest BCUT2D eigenvalue weighted by Gasteiger charge is -2.32. The van der Waals surface area contributed by atoms with Gasteiger partial charge in [-0.3, -0.25) is 13.9 Å². The molecule has 0 bridgehead atoms. The molecular weight excluding hydrogens is 594 g/mol. The van der Waals surface area contributed by atoms with Crippen molar-refractivity contribution >= 4 is 43.5 Å². The van der Waals surface area contributed by atoms with Gasteiger partial charge in [0.25, 0.3) is 10.0 Å². The molecule has 2 amide bonds. The van der Waals surface area contributed by atoms with E-state index >= 15 is 0 Å². The van der Waals surface area contributed by atoms with Gasteiger partial charge in [0.1, 0.15) is 18.3 Å². The van der Waals surface area contributed by atoms with E-state index in [1.165, 1.54) is 17.0 Å². The number of sulfonamides is 1. The predicted molar refractivity (Wildman–Crippen MR) is 161 cm³/mol. The number of hydrogen-bond acceptors (Lipinski definition) is 5. The molecule has 0 aliphatic rings. The first-order valence-electron chi connectivity index (χ1n) is 13.2. The lowest BCUT2D eigenvalue weighted by atomic mass is 10.1. The van der Waals surface area contributed by atoms with E-state index in [9.17, 15) is 18.0 Å². The Hall–Kier alpha value is -3.37. The van der Waals surface area contributed by atoms with E-state index in [2.05, 4.69) is 21.2 Å². The molecule has 3 aromatic rings. The van der Waals surface area contributed by atoms with Gasteiger partial charge in [-0.15, -0.1) is 0 Å². The molecule has 1 N–H and O–H groups in total. The van der Waals surface area contributed by atoms with Gasteiger partial charge >= 0.3 is 0 Å². The van der Waals surface area contributed by atoms with E-state index in [1.54, 1.807) is 56.3 Å². The summed E-state index contributed by atoms with van der Waals surface area (Å²) >= 11 is 3.46. The number of nitrogens with zero attached hydrogens (tertiary/aromatic N) is 2. The Labute approximate surface area is 245 Å². The highest BCUT2D eigenvalue weighted by Crippen LogP contribution is 2.33. The lowest BCUT2D eigenvalue weighted by Crippen LogP contribution is -2.51. The SMILES string of the molecule is CCOc1ccccc1N(CC(=O)N(Cc1cccc(Br)c1)C(C)C(=O)NCC(C)C)S(=O)(=O)c1ccccc1. The Kier molecular flexibility index (Phi) is 11.2. The van der Waals surface area contributed by atoms with Crippen molar-refractivity contribution < 1.29 is 22.7 Å². The van der Waals surface area contributed by atoms with Crippen LogP contribution in [0.3, 0.4) is 0 Å². The highest BCUT2D eigenvalue weighted by atomic mass is 79.9. The molecule has 1 unspecified atom stereocenters. The van der Waals surface area contributed by atoms with Crippen molar-refractivity contribution in [2.75, 3.05) is 24.0 Å². The van der Waals surface area contributed by atoms with Gasteiger partial charge in [-0.05, 0) is 61.7 Å². The van der Waals surface area contributed by atoms with Gasteiger partial charge < -0.3 is 15.0 Å². The lowest BCUT2D eigenvalue weighted by molar-refractivity contribution is -0.139. The van der Waals surface area contributed by atoms with Crippen molar-refractivity contribution in [3.8, 4) is 5.75 Å². The fraction of sp³-hybridized carbons (Fsp3) is 0.333. The van der Waals surface area contributed by atoms with Crippen LogP contribution in [-0.2, 0) is 26.2 Å². The number of halogens is 1. The molecule has 0 fully saturated rings. The maximum atomic E-state index is 14.0. The normalized spacial score (nSPS) is 12.1. The number of carbonyl (C=O) groups is 2.